The molecule has 2 N–H and O–H groups in total. The maximum Gasteiger partial charge on any atom is 0.251 e. The lowest BCUT2D eigenvalue weighted by Crippen LogP contribution is -2.38. The van der Waals surface area contributed by atoms with E-state index in [1.54, 1.807) is 56.7 Å². The summed E-state index contributed by atoms with van der Waals surface area (Å²) in [7, 11) is 3.13. The molecule has 0 aliphatic carbocycles. The van der Waals surface area contributed by atoms with Gasteiger partial charge in [0.1, 0.15) is 11.5 Å². The zero-order valence-corrected chi connectivity index (χ0v) is 15.6. The quantitative estimate of drug-likeness (QED) is 0.778. The second-order valence-electron chi connectivity index (χ2n) is 5.59. The van der Waals surface area contributed by atoms with Crippen LogP contribution in [0.25, 0.3) is 0 Å². The fourth-order valence-corrected chi connectivity index (χ4v) is 2.54. The molecule has 2 aromatic carbocycles. The van der Waals surface area contributed by atoms with Gasteiger partial charge in [-0.3, -0.25) is 9.59 Å². The molecule has 0 aromatic heterocycles. The Bertz CT molecular complexity index is 778. The van der Waals surface area contributed by atoms with Gasteiger partial charge in [0.25, 0.3) is 5.91 Å². The minimum absolute atomic E-state index is 0.141. The van der Waals surface area contributed by atoms with E-state index < -0.39 is 0 Å². The molecule has 138 valence electrons. The van der Waals surface area contributed by atoms with Crippen LogP contribution in [-0.2, 0) is 4.79 Å². The lowest BCUT2D eigenvalue weighted by atomic mass is 10.1. The van der Waals surface area contributed by atoms with E-state index in [4.69, 9.17) is 21.1 Å². The Balaban J connectivity index is 1.95. The van der Waals surface area contributed by atoms with Crippen molar-refractivity contribution in [2.45, 2.75) is 13.0 Å². The molecule has 26 heavy (non-hydrogen) atoms. The SMILES string of the molecule is COc1ccc(OC)c([C@H](C)NC(=O)CNC(=O)c2ccc(Cl)cc2)c1. The molecule has 0 unspecified atom stereocenters. The number of rotatable bonds is 7. The predicted octanol–water partition coefficient (Wildman–Crippen LogP) is 2.96. The third-order valence-electron chi connectivity index (χ3n) is 3.80. The topological polar surface area (TPSA) is 76.7 Å². The summed E-state index contributed by atoms with van der Waals surface area (Å²) >= 11 is 5.79. The largest absolute Gasteiger partial charge is 0.497 e. The van der Waals surface area contributed by atoms with Crippen LogP contribution in [0.4, 0.5) is 0 Å². The Morgan fingerprint density at radius 3 is 2.38 bits per heavy atom. The Labute approximate surface area is 157 Å². The van der Waals surface area contributed by atoms with Crippen LogP contribution in [0.2, 0.25) is 5.02 Å². The molecule has 0 bridgehead atoms. The van der Waals surface area contributed by atoms with Crippen molar-refractivity contribution in [3.8, 4) is 11.5 Å². The van der Waals surface area contributed by atoms with Crippen molar-refractivity contribution < 1.29 is 19.1 Å². The Morgan fingerprint density at radius 2 is 1.77 bits per heavy atom. The Kier molecular flexibility index (Phi) is 6.86. The van der Waals surface area contributed by atoms with Gasteiger partial charge in [0.15, 0.2) is 0 Å². The van der Waals surface area contributed by atoms with E-state index in [1.165, 1.54) is 0 Å². The van der Waals surface area contributed by atoms with E-state index in [1.807, 2.05) is 6.92 Å². The minimum atomic E-state index is -0.344. The first-order valence-electron chi connectivity index (χ1n) is 7.99. The number of amides is 2. The van der Waals surface area contributed by atoms with Crippen molar-refractivity contribution in [2.75, 3.05) is 20.8 Å². The van der Waals surface area contributed by atoms with E-state index in [0.717, 1.165) is 5.56 Å². The molecule has 0 spiro atoms. The summed E-state index contributed by atoms with van der Waals surface area (Å²) in [6, 6.07) is 11.5. The van der Waals surface area contributed by atoms with Crippen molar-refractivity contribution >= 4 is 23.4 Å². The molecule has 0 aliphatic rings. The first-order valence-corrected chi connectivity index (χ1v) is 8.37. The van der Waals surface area contributed by atoms with Crippen LogP contribution in [0.5, 0.6) is 11.5 Å². The van der Waals surface area contributed by atoms with E-state index in [-0.39, 0.29) is 24.4 Å². The number of hydrogen-bond acceptors (Lipinski definition) is 4. The van der Waals surface area contributed by atoms with Gasteiger partial charge in [-0.1, -0.05) is 11.6 Å². The molecule has 6 nitrogen and oxygen atoms in total. The number of carbonyl (C=O) groups is 2. The molecule has 1 atom stereocenters. The van der Waals surface area contributed by atoms with Gasteiger partial charge < -0.3 is 20.1 Å². The van der Waals surface area contributed by atoms with Crippen molar-refractivity contribution in [1.82, 2.24) is 10.6 Å². The molecular weight excluding hydrogens is 356 g/mol. The maximum absolute atomic E-state index is 12.2. The normalized spacial score (nSPS) is 11.4. The number of ether oxygens (including phenoxy) is 2. The molecule has 2 aromatic rings. The Hall–Kier alpha value is -2.73. The van der Waals surface area contributed by atoms with Gasteiger partial charge in [-0.2, -0.15) is 0 Å². The number of carbonyl (C=O) groups excluding carboxylic acids is 2. The van der Waals surface area contributed by atoms with E-state index >= 15 is 0 Å². The molecule has 0 heterocycles. The van der Waals surface area contributed by atoms with Crippen LogP contribution in [0.1, 0.15) is 28.9 Å². The van der Waals surface area contributed by atoms with Crippen molar-refractivity contribution in [3.63, 3.8) is 0 Å². The van der Waals surface area contributed by atoms with Crippen molar-refractivity contribution in [2.24, 2.45) is 0 Å². The van der Waals surface area contributed by atoms with Gasteiger partial charge in [0.05, 0.1) is 26.8 Å². The van der Waals surface area contributed by atoms with Crippen LogP contribution < -0.4 is 20.1 Å². The summed E-state index contributed by atoms with van der Waals surface area (Å²) in [4.78, 5) is 24.2. The zero-order chi connectivity index (χ0) is 19.1. The van der Waals surface area contributed by atoms with Crippen LogP contribution in [0.3, 0.4) is 0 Å². The molecule has 0 aliphatic heterocycles. The summed E-state index contributed by atoms with van der Waals surface area (Å²) in [5.41, 5.74) is 1.22. The van der Waals surface area contributed by atoms with E-state index in [9.17, 15) is 9.59 Å². The Morgan fingerprint density at radius 1 is 1.08 bits per heavy atom. The summed E-state index contributed by atoms with van der Waals surface area (Å²) in [5, 5.41) is 5.95. The molecule has 0 fully saturated rings. The van der Waals surface area contributed by atoms with Crippen molar-refractivity contribution in [3.05, 3.63) is 58.6 Å². The lowest BCUT2D eigenvalue weighted by Gasteiger charge is -2.18. The first-order chi connectivity index (χ1) is 12.4. The fourth-order valence-electron chi connectivity index (χ4n) is 2.41. The summed E-state index contributed by atoms with van der Waals surface area (Å²) in [5.74, 6) is 0.648. The molecule has 0 saturated heterocycles. The van der Waals surface area contributed by atoms with Gasteiger partial charge in [0.2, 0.25) is 5.91 Å². The standard InChI is InChI=1S/C19H21ClN2O4/c1-12(16-10-15(25-2)8-9-17(16)26-3)22-18(23)11-21-19(24)13-4-6-14(20)7-5-13/h4-10,12H,11H2,1-3H3,(H,21,24)(H,22,23)/t12-/m0/s1. The second-order valence-corrected chi connectivity index (χ2v) is 6.02. The summed E-state index contributed by atoms with van der Waals surface area (Å²) in [6.07, 6.45) is 0. The zero-order valence-electron chi connectivity index (χ0n) is 14.8. The molecule has 2 rings (SSSR count). The fraction of sp³-hybridized carbons (Fsp3) is 0.263. The second kappa shape index (κ2) is 9.10. The van der Waals surface area contributed by atoms with Crippen molar-refractivity contribution in [1.29, 1.82) is 0 Å². The molecule has 7 heteroatoms. The van der Waals surface area contributed by atoms with Gasteiger partial charge in [-0.25, -0.2) is 0 Å². The molecule has 0 radical (unpaired) electrons. The average molecular weight is 377 g/mol. The molecular formula is C19H21ClN2O4. The lowest BCUT2D eigenvalue weighted by molar-refractivity contribution is -0.120. The van der Waals surface area contributed by atoms with E-state index in [2.05, 4.69) is 10.6 Å². The first kappa shape index (κ1) is 19.6. The van der Waals surface area contributed by atoms with Crippen LogP contribution in [0, 0.1) is 0 Å². The highest BCUT2D eigenvalue weighted by Crippen LogP contribution is 2.29. The van der Waals surface area contributed by atoms with Gasteiger partial charge in [-0.15, -0.1) is 0 Å². The number of benzene rings is 2. The minimum Gasteiger partial charge on any atom is -0.497 e. The van der Waals surface area contributed by atoms with Gasteiger partial charge in [0, 0.05) is 16.1 Å². The highest BCUT2D eigenvalue weighted by Gasteiger charge is 2.16. The molecule has 2 amide bonds. The monoisotopic (exact) mass is 376 g/mol. The van der Waals surface area contributed by atoms with Crippen LogP contribution >= 0.6 is 11.6 Å². The third kappa shape index (κ3) is 5.13. The van der Waals surface area contributed by atoms with Gasteiger partial charge >= 0.3 is 0 Å². The smallest absolute Gasteiger partial charge is 0.251 e. The highest BCUT2D eigenvalue weighted by atomic mass is 35.5. The highest BCUT2D eigenvalue weighted by molar-refractivity contribution is 6.30. The third-order valence-corrected chi connectivity index (χ3v) is 4.05. The number of nitrogens with one attached hydrogen (secondary N) is 2. The van der Waals surface area contributed by atoms with E-state index in [0.29, 0.717) is 22.1 Å². The predicted molar refractivity (Wildman–Crippen MR) is 99.9 cm³/mol. The van der Waals surface area contributed by atoms with Gasteiger partial charge in [-0.05, 0) is 49.4 Å². The number of halogens is 1. The summed E-state index contributed by atoms with van der Waals surface area (Å²) in [6.45, 7) is 1.69. The maximum atomic E-state index is 12.2. The number of hydrogen-bond donors (Lipinski definition) is 2. The number of methoxy groups -OCH3 is 2. The van der Waals surface area contributed by atoms with Crippen LogP contribution in [-0.4, -0.2) is 32.6 Å². The average Bonchev–Trinajstić information content (AvgIpc) is 2.66. The van der Waals surface area contributed by atoms with Crippen LogP contribution in [0.15, 0.2) is 42.5 Å². The summed E-state index contributed by atoms with van der Waals surface area (Å²) < 4.78 is 10.5. The molecule has 0 saturated carbocycles.